The maximum absolute atomic E-state index is 12.2. The van der Waals surface area contributed by atoms with Gasteiger partial charge in [0.2, 0.25) is 5.91 Å². The summed E-state index contributed by atoms with van der Waals surface area (Å²) < 4.78 is 0.996. The number of benzene rings is 1. The van der Waals surface area contributed by atoms with E-state index in [9.17, 15) is 4.79 Å². The highest BCUT2D eigenvalue weighted by Crippen LogP contribution is 2.13. The number of piperazine rings is 1. The van der Waals surface area contributed by atoms with E-state index in [4.69, 9.17) is 5.26 Å². The van der Waals surface area contributed by atoms with Gasteiger partial charge in [-0.1, -0.05) is 28.1 Å². The molecule has 94 valence electrons. The molecule has 1 aliphatic heterocycles. The molecule has 1 amide bonds. The van der Waals surface area contributed by atoms with Crippen molar-refractivity contribution in [3.63, 3.8) is 0 Å². The van der Waals surface area contributed by atoms with Crippen LogP contribution in [0.3, 0.4) is 0 Å². The average Bonchev–Trinajstić information content (AvgIpc) is 2.41. The lowest BCUT2D eigenvalue weighted by atomic mass is 10.1. The summed E-state index contributed by atoms with van der Waals surface area (Å²) in [6, 6.07) is 9.50. The van der Waals surface area contributed by atoms with Crippen molar-refractivity contribution < 1.29 is 4.79 Å². The number of nitrogens with one attached hydrogen (secondary N) is 1. The van der Waals surface area contributed by atoms with Gasteiger partial charge < -0.3 is 10.2 Å². The highest BCUT2D eigenvalue weighted by atomic mass is 79.9. The number of amides is 1. The van der Waals surface area contributed by atoms with Gasteiger partial charge in [-0.15, -0.1) is 0 Å². The first kappa shape index (κ1) is 13.1. The average molecular weight is 308 g/mol. The van der Waals surface area contributed by atoms with Gasteiger partial charge in [-0.25, -0.2) is 0 Å². The van der Waals surface area contributed by atoms with Crippen molar-refractivity contribution in [2.24, 2.45) is 0 Å². The molecule has 0 spiro atoms. The molecule has 1 heterocycles. The second-order valence-electron chi connectivity index (χ2n) is 4.24. The number of carbonyl (C=O) groups excluding carboxylic acids is 1. The Kier molecular flexibility index (Phi) is 4.34. The molecule has 1 unspecified atom stereocenters. The number of nitrogens with zero attached hydrogens (tertiary/aromatic N) is 2. The molecule has 18 heavy (non-hydrogen) atoms. The van der Waals surface area contributed by atoms with E-state index in [1.807, 2.05) is 24.3 Å². The van der Waals surface area contributed by atoms with Crippen LogP contribution in [0.4, 0.5) is 0 Å². The highest BCUT2D eigenvalue weighted by molar-refractivity contribution is 9.10. The van der Waals surface area contributed by atoms with Crippen LogP contribution in [0.1, 0.15) is 5.56 Å². The first-order valence-electron chi connectivity index (χ1n) is 5.85. The van der Waals surface area contributed by atoms with Crippen LogP contribution in [0.5, 0.6) is 0 Å². The Morgan fingerprint density at radius 1 is 1.50 bits per heavy atom. The van der Waals surface area contributed by atoms with Crippen LogP contribution >= 0.6 is 15.9 Å². The van der Waals surface area contributed by atoms with Crippen molar-refractivity contribution in [1.82, 2.24) is 10.2 Å². The van der Waals surface area contributed by atoms with Crippen LogP contribution < -0.4 is 5.32 Å². The minimum atomic E-state index is -0.346. The molecule has 5 heteroatoms. The van der Waals surface area contributed by atoms with Gasteiger partial charge in [0.25, 0.3) is 0 Å². The van der Waals surface area contributed by atoms with Gasteiger partial charge in [0, 0.05) is 24.1 Å². The van der Waals surface area contributed by atoms with Crippen molar-refractivity contribution in [1.29, 1.82) is 5.26 Å². The molecule has 2 rings (SSSR count). The molecule has 1 fully saturated rings. The van der Waals surface area contributed by atoms with Crippen LogP contribution in [-0.2, 0) is 11.2 Å². The molecular weight excluding hydrogens is 294 g/mol. The third-order valence-corrected chi connectivity index (χ3v) is 3.51. The summed E-state index contributed by atoms with van der Waals surface area (Å²) in [5, 5.41) is 12.1. The van der Waals surface area contributed by atoms with E-state index >= 15 is 0 Å². The predicted octanol–water partition coefficient (Wildman–Crippen LogP) is 1.32. The lowest BCUT2D eigenvalue weighted by molar-refractivity contribution is -0.132. The van der Waals surface area contributed by atoms with E-state index in [1.165, 1.54) is 0 Å². The largest absolute Gasteiger partial charge is 0.324 e. The molecule has 1 aliphatic rings. The quantitative estimate of drug-likeness (QED) is 0.896. The number of rotatable bonds is 2. The summed E-state index contributed by atoms with van der Waals surface area (Å²) in [4.78, 5) is 13.8. The third kappa shape index (κ3) is 3.09. The maximum atomic E-state index is 12.2. The predicted molar refractivity (Wildman–Crippen MR) is 71.8 cm³/mol. The van der Waals surface area contributed by atoms with Crippen LogP contribution in [0.15, 0.2) is 28.7 Å². The van der Waals surface area contributed by atoms with Gasteiger partial charge >= 0.3 is 0 Å². The zero-order chi connectivity index (χ0) is 13.0. The number of hydrogen-bond acceptors (Lipinski definition) is 3. The first-order chi connectivity index (χ1) is 8.70. The van der Waals surface area contributed by atoms with Crippen molar-refractivity contribution >= 4 is 21.8 Å². The van der Waals surface area contributed by atoms with Gasteiger partial charge in [0.05, 0.1) is 12.5 Å². The molecule has 1 aromatic carbocycles. The van der Waals surface area contributed by atoms with E-state index in [0.717, 1.165) is 16.6 Å². The highest BCUT2D eigenvalue weighted by Gasteiger charge is 2.25. The number of nitriles is 1. The van der Waals surface area contributed by atoms with Gasteiger partial charge in [0.15, 0.2) is 0 Å². The van der Waals surface area contributed by atoms with Gasteiger partial charge in [-0.2, -0.15) is 5.26 Å². The summed E-state index contributed by atoms with van der Waals surface area (Å²) in [6.07, 6.45) is 0.353. The molecule has 0 bridgehead atoms. The van der Waals surface area contributed by atoms with Crippen LogP contribution in [0, 0.1) is 11.3 Å². The van der Waals surface area contributed by atoms with Crippen molar-refractivity contribution in [2.75, 3.05) is 19.6 Å². The molecule has 1 saturated heterocycles. The summed E-state index contributed by atoms with van der Waals surface area (Å²) >= 11 is 3.36. The minimum Gasteiger partial charge on any atom is -0.324 e. The molecular formula is C13H14BrN3O. The first-order valence-corrected chi connectivity index (χ1v) is 6.64. The van der Waals surface area contributed by atoms with E-state index in [-0.39, 0.29) is 11.9 Å². The van der Waals surface area contributed by atoms with Gasteiger partial charge in [-0.3, -0.25) is 4.79 Å². The summed E-state index contributed by atoms with van der Waals surface area (Å²) in [7, 11) is 0. The fourth-order valence-corrected chi connectivity index (χ4v) is 2.26. The molecule has 0 aromatic heterocycles. The van der Waals surface area contributed by atoms with Crippen LogP contribution in [0.25, 0.3) is 0 Å². The zero-order valence-corrected chi connectivity index (χ0v) is 11.5. The smallest absolute Gasteiger partial charge is 0.228 e. The second kappa shape index (κ2) is 5.98. The summed E-state index contributed by atoms with van der Waals surface area (Å²) in [5.41, 5.74) is 0.971. The Morgan fingerprint density at radius 3 is 2.89 bits per heavy atom. The molecule has 0 radical (unpaired) electrons. The number of halogens is 1. The van der Waals surface area contributed by atoms with Gasteiger partial charge in [-0.05, 0) is 17.7 Å². The standard InChI is InChI=1S/C13H14BrN3O/c14-11-3-1-10(2-4-11)7-13(18)17-6-5-16-9-12(17)8-15/h1-4,12,16H,5-7,9H2. The Bertz CT molecular complexity index is 466. The van der Waals surface area contributed by atoms with Crippen molar-refractivity contribution in [3.8, 4) is 6.07 Å². The van der Waals surface area contributed by atoms with Gasteiger partial charge in [0.1, 0.15) is 6.04 Å². The van der Waals surface area contributed by atoms with Crippen molar-refractivity contribution in [2.45, 2.75) is 12.5 Å². The number of hydrogen-bond donors (Lipinski definition) is 1. The lowest BCUT2D eigenvalue weighted by Gasteiger charge is -2.32. The van der Waals surface area contributed by atoms with Crippen LogP contribution in [-0.4, -0.2) is 36.5 Å². The molecule has 1 atom stereocenters. The van der Waals surface area contributed by atoms with E-state index in [0.29, 0.717) is 19.5 Å². The van der Waals surface area contributed by atoms with E-state index < -0.39 is 0 Å². The SMILES string of the molecule is N#CC1CNCCN1C(=O)Cc1ccc(Br)cc1. The molecule has 0 aliphatic carbocycles. The molecule has 1 N–H and O–H groups in total. The fraction of sp³-hybridized carbons (Fsp3) is 0.385. The molecule has 1 aromatic rings. The number of carbonyl (C=O) groups is 1. The van der Waals surface area contributed by atoms with E-state index in [1.54, 1.807) is 4.90 Å². The monoisotopic (exact) mass is 307 g/mol. The fourth-order valence-electron chi connectivity index (χ4n) is 2.00. The Labute approximate surface area is 115 Å². The Hall–Kier alpha value is -1.38. The zero-order valence-electron chi connectivity index (χ0n) is 9.90. The summed E-state index contributed by atoms with van der Waals surface area (Å²) in [6.45, 7) is 1.92. The second-order valence-corrected chi connectivity index (χ2v) is 5.16. The third-order valence-electron chi connectivity index (χ3n) is 2.98. The Morgan fingerprint density at radius 2 is 2.22 bits per heavy atom. The van der Waals surface area contributed by atoms with Crippen LogP contribution in [0.2, 0.25) is 0 Å². The topological polar surface area (TPSA) is 56.1 Å². The Balaban J connectivity index is 2.02. The van der Waals surface area contributed by atoms with E-state index in [2.05, 4.69) is 27.3 Å². The molecule has 0 saturated carbocycles. The molecule has 4 nitrogen and oxygen atoms in total. The summed E-state index contributed by atoms with van der Waals surface area (Å²) in [5.74, 6) is 0.0189. The lowest BCUT2D eigenvalue weighted by Crippen LogP contribution is -2.53. The normalized spacial score (nSPS) is 19.3. The van der Waals surface area contributed by atoms with Crippen molar-refractivity contribution in [3.05, 3.63) is 34.3 Å². The maximum Gasteiger partial charge on any atom is 0.228 e. The minimum absolute atomic E-state index is 0.0189.